The van der Waals surface area contributed by atoms with E-state index in [-0.39, 0.29) is 0 Å². The Morgan fingerprint density at radius 1 is 1.44 bits per heavy atom. The second-order valence-electron chi connectivity index (χ2n) is 4.32. The van der Waals surface area contributed by atoms with E-state index < -0.39 is 0 Å². The van der Waals surface area contributed by atoms with Gasteiger partial charge in [0, 0.05) is 55.2 Å². The second-order valence-corrected chi connectivity index (χ2v) is 4.73. The highest BCUT2D eigenvalue weighted by molar-refractivity contribution is 6.31. The molecular weight excluding hydrogens is 248 g/mol. The molecule has 0 aliphatic heterocycles. The smallest absolute Gasteiger partial charge is 0.0539 e. The maximum Gasteiger partial charge on any atom is 0.0539 e. The van der Waals surface area contributed by atoms with Gasteiger partial charge in [-0.15, -0.1) is 0 Å². The van der Waals surface area contributed by atoms with Gasteiger partial charge in [-0.3, -0.25) is 4.68 Å². The molecule has 1 heterocycles. The van der Waals surface area contributed by atoms with Crippen molar-refractivity contribution in [1.82, 2.24) is 9.78 Å². The van der Waals surface area contributed by atoms with Crippen molar-refractivity contribution >= 4 is 17.3 Å². The number of nitrogens with zero attached hydrogens (tertiary/aromatic N) is 3. The molecule has 1 aromatic carbocycles. The Hall–Kier alpha value is -1.52. The molecule has 0 saturated heterocycles. The molecule has 18 heavy (non-hydrogen) atoms. The maximum atomic E-state index is 6.16. The minimum atomic E-state index is 0.437. The number of anilines is 1. The lowest BCUT2D eigenvalue weighted by Gasteiger charge is -2.22. The molecule has 0 spiro atoms. The van der Waals surface area contributed by atoms with Gasteiger partial charge in [-0.2, -0.15) is 5.10 Å². The quantitative estimate of drug-likeness (QED) is 0.921. The number of aromatic nitrogens is 2. The molecule has 96 valence electrons. The Morgan fingerprint density at radius 3 is 2.83 bits per heavy atom. The molecule has 0 aliphatic carbocycles. The van der Waals surface area contributed by atoms with E-state index in [9.17, 15) is 0 Å². The molecular formula is C13H17ClN4. The van der Waals surface area contributed by atoms with Gasteiger partial charge in [0.15, 0.2) is 0 Å². The number of rotatable bonds is 4. The van der Waals surface area contributed by atoms with Gasteiger partial charge in [0.05, 0.1) is 6.20 Å². The van der Waals surface area contributed by atoms with Crippen molar-refractivity contribution in [3.63, 3.8) is 0 Å². The van der Waals surface area contributed by atoms with Crippen LogP contribution >= 0.6 is 11.6 Å². The first-order chi connectivity index (χ1) is 8.61. The molecule has 2 rings (SSSR count). The fraction of sp³-hybridized carbons (Fsp3) is 0.308. The monoisotopic (exact) mass is 264 g/mol. The molecule has 0 fully saturated rings. The van der Waals surface area contributed by atoms with Crippen LogP contribution in [0.2, 0.25) is 5.02 Å². The second kappa shape index (κ2) is 5.42. The van der Waals surface area contributed by atoms with Crippen molar-refractivity contribution in [2.24, 2.45) is 12.8 Å². The molecule has 0 saturated carbocycles. The van der Waals surface area contributed by atoms with E-state index in [1.54, 1.807) is 4.68 Å². The van der Waals surface area contributed by atoms with E-state index >= 15 is 0 Å². The van der Waals surface area contributed by atoms with Crippen molar-refractivity contribution in [2.75, 3.05) is 11.9 Å². The zero-order valence-corrected chi connectivity index (χ0v) is 11.4. The Labute approximate surface area is 112 Å². The summed E-state index contributed by atoms with van der Waals surface area (Å²) in [6, 6.07) is 5.84. The number of nitrogens with two attached hydrogens (primary N) is 1. The molecule has 2 aromatic rings. The summed E-state index contributed by atoms with van der Waals surface area (Å²) in [5, 5.41) is 4.88. The standard InChI is InChI=1S/C13H17ClN4/c1-17(8-10-7-16-18(2)9-10)13-5-3-4-12(14)11(13)6-15/h3-5,7,9H,6,8,15H2,1-2H3. The Kier molecular flexibility index (Phi) is 3.89. The van der Waals surface area contributed by atoms with Gasteiger partial charge in [-0.05, 0) is 12.1 Å². The average Bonchev–Trinajstić information content (AvgIpc) is 2.74. The van der Waals surface area contributed by atoms with E-state index in [0.717, 1.165) is 23.4 Å². The molecule has 1 aromatic heterocycles. The van der Waals surface area contributed by atoms with Crippen LogP contribution in [-0.4, -0.2) is 16.8 Å². The van der Waals surface area contributed by atoms with Gasteiger partial charge < -0.3 is 10.6 Å². The highest BCUT2D eigenvalue weighted by Gasteiger charge is 2.10. The number of halogens is 1. The summed E-state index contributed by atoms with van der Waals surface area (Å²) in [5.41, 5.74) is 8.96. The Morgan fingerprint density at radius 2 is 2.22 bits per heavy atom. The summed E-state index contributed by atoms with van der Waals surface area (Å²) in [5.74, 6) is 0. The third kappa shape index (κ3) is 2.66. The van der Waals surface area contributed by atoms with E-state index in [4.69, 9.17) is 17.3 Å². The van der Waals surface area contributed by atoms with Gasteiger partial charge in [-0.25, -0.2) is 0 Å². The third-order valence-electron chi connectivity index (χ3n) is 2.89. The zero-order chi connectivity index (χ0) is 13.1. The lowest BCUT2D eigenvalue weighted by atomic mass is 10.1. The van der Waals surface area contributed by atoms with Gasteiger partial charge in [-0.1, -0.05) is 17.7 Å². The van der Waals surface area contributed by atoms with Crippen molar-refractivity contribution in [3.05, 3.63) is 46.7 Å². The Balaban J connectivity index is 2.23. The molecule has 0 amide bonds. The van der Waals surface area contributed by atoms with Gasteiger partial charge >= 0.3 is 0 Å². The van der Waals surface area contributed by atoms with Crippen molar-refractivity contribution in [2.45, 2.75) is 13.1 Å². The lowest BCUT2D eigenvalue weighted by molar-refractivity contribution is 0.766. The topological polar surface area (TPSA) is 47.1 Å². The van der Waals surface area contributed by atoms with Crippen molar-refractivity contribution in [1.29, 1.82) is 0 Å². The number of aryl methyl sites for hydroxylation is 1. The largest absolute Gasteiger partial charge is 0.370 e. The summed E-state index contributed by atoms with van der Waals surface area (Å²) in [6.07, 6.45) is 3.87. The summed E-state index contributed by atoms with van der Waals surface area (Å²) < 4.78 is 1.80. The predicted octanol–water partition coefficient (Wildman–Crippen LogP) is 2.17. The number of benzene rings is 1. The first kappa shape index (κ1) is 12.9. The summed E-state index contributed by atoms with van der Waals surface area (Å²) in [4.78, 5) is 2.13. The van der Waals surface area contributed by atoms with Gasteiger partial charge in [0.1, 0.15) is 0 Å². The maximum absolute atomic E-state index is 6.16. The van der Waals surface area contributed by atoms with Crippen LogP contribution in [0.1, 0.15) is 11.1 Å². The fourth-order valence-electron chi connectivity index (χ4n) is 2.02. The number of hydrogen-bond acceptors (Lipinski definition) is 3. The normalized spacial score (nSPS) is 10.7. The molecule has 0 unspecified atom stereocenters. The average molecular weight is 265 g/mol. The molecule has 0 atom stereocenters. The molecule has 0 aliphatic rings. The predicted molar refractivity (Wildman–Crippen MR) is 74.7 cm³/mol. The summed E-state index contributed by atoms with van der Waals surface area (Å²) >= 11 is 6.16. The first-order valence-corrected chi connectivity index (χ1v) is 6.15. The van der Waals surface area contributed by atoms with Crippen LogP contribution in [0.4, 0.5) is 5.69 Å². The summed E-state index contributed by atoms with van der Waals surface area (Å²) in [6.45, 7) is 1.22. The van der Waals surface area contributed by atoms with E-state index in [0.29, 0.717) is 11.6 Å². The lowest BCUT2D eigenvalue weighted by Crippen LogP contribution is -2.18. The van der Waals surface area contributed by atoms with Crippen LogP contribution in [0, 0.1) is 0 Å². The SMILES string of the molecule is CN(Cc1cnn(C)c1)c1cccc(Cl)c1CN. The molecule has 5 heteroatoms. The van der Waals surface area contributed by atoms with Crippen LogP contribution in [0.5, 0.6) is 0 Å². The van der Waals surface area contributed by atoms with Crippen LogP contribution in [-0.2, 0) is 20.1 Å². The van der Waals surface area contributed by atoms with Gasteiger partial charge in [0.25, 0.3) is 0 Å². The first-order valence-electron chi connectivity index (χ1n) is 5.78. The molecule has 4 nitrogen and oxygen atoms in total. The third-order valence-corrected chi connectivity index (χ3v) is 3.24. The van der Waals surface area contributed by atoms with Crippen LogP contribution in [0.15, 0.2) is 30.6 Å². The van der Waals surface area contributed by atoms with Crippen LogP contribution in [0.25, 0.3) is 0 Å². The van der Waals surface area contributed by atoms with Crippen LogP contribution < -0.4 is 10.6 Å². The number of hydrogen-bond donors (Lipinski definition) is 1. The minimum Gasteiger partial charge on any atom is -0.370 e. The Bertz CT molecular complexity index is 536. The molecule has 0 radical (unpaired) electrons. The van der Waals surface area contributed by atoms with E-state index in [2.05, 4.69) is 10.00 Å². The summed E-state index contributed by atoms with van der Waals surface area (Å²) in [7, 11) is 3.94. The highest BCUT2D eigenvalue weighted by atomic mass is 35.5. The van der Waals surface area contributed by atoms with Crippen LogP contribution in [0.3, 0.4) is 0 Å². The van der Waals surface area contributed by atoms with E-state index in [1.807, 2.05) is 44.7 Å². The molecule has 0 bridgehead atoms. The fourth-order valence-corrected chi connectivity index (χ4v) is 2.27. The van der Waals surface area contributed by atoms with Gasteiger partial charge in [0.2, 0.25) is 0 Å². The van der Waals surface area contributed by atoms with E-state index in [1.165, 1.54) is 0 Å². The zero-order valence-electron chi connectivity index (χ0n) is 10.6. The minimum absolute atomic E-state index is 0.437. The highest BCUT2D eigenvalue weighted by Crippen LogP contribution is 2.27. The van der Waals surface area contributed by atoms with Crippen molar-refractivity contribution in [3.8, 4) is 0 Å². The molecule has 2 N–H and O–H groups in total. The van der Waals surface area contributed by atoms with Crippen molar-refractivity contribution < 1.29 is 0 Å².